The van der Waals surface area contributed by atoms with Gasteiger partial charge >= 0.3 is 0 Å². The molecule has 0 bridgehead atoms. The lowest BCUT2D eigenvalue weighted by Crippen LogP contribution is -2.39. The molecule has 23 heavy (non-hydrogen) atoms. The molecule has 0 radical (unpaired) electrons. The van der Waals surface area contributed by atoms with Crippen molar-refractivity contribution in [2.24, 2.45) is 0 Å². The minimum atomic E-state index is -3.08. The average molecular weight is 408 g/mol. The van der Waals surface area contributed by atoms with E-state index in [-0.39, 0.29) is 23.5 Å². The van der Waals surface area contributed by atoms with E-state index in [0.29, 0.717) is 25.7 Å². The molecule has 0 N–H and O–H groups in total. The van der Waals surface area contributed by atoms with Gasteiger partial charge < -0.3 is 0 Å². The van der Waals surface area contributed by atoms with Gasteiger partial charge in [-0.05, 0) is 30.2 Å². The molecule has 2 fully saturated rings. The van der Waals surface area contributed by atoms with Crippen LogP contribution in [0, 0.1) is 0 Å². The number of carbonyl (C=O) groups is 1. The number of rotatable bonds is 2. The largest absolute Gasteiger partial charge is 0.289 e. The van der Waals surface area contributed by atoms with E-state index < -0.39 is 9.84 Å². The summed E-state index contributed by atoms with van der Waals surface area (Å²) in [5.74, 6) is -0.187. The van der Waals surface area contributed by atoms with Gasteiger partial charge in [-0.15, -0.1) is 0 Å². The first-order valence-corrected chi connectivity index (χ1v) is 10.5. The molecule has 2 saturated heterocycles. The highest BCUT2D eigenvalue weighted by atomic mass is 35.5. The van der Waals surface area contributed by atoms with Gasteiger partial charge in [-0.2, -0.15) is 0 Å². The molecule has 122 valence electrons. The van der Waals surface area contributed by atoms with Crippen LogP contribution in [-0.4, -0.2) is 41.1 Å². The van der Waals surface area contributed by atoms with Crippen LogP contribution in [0.2, 0.25) is 10.0 Å². The molecule has 4 nitrogen and oxygen atoms in total. The van der Waals surface area contributed by atoms with Crippen LogP contribution in [0.25, 0.3) is 6.08 Å². The van der Waals surface area contributed by atoms with Crippen LogP contribution in [0.15, 0.2) is 23.1 Å². The Morgan fingerprint density at radius 1 is 1.30 bits per heavy atom. The highest BCUT2D eigenvalue weighted by molar-refractivity contribution is 8.26. The fourth-order valence-electron chi connectivity index (χ4n) is 2.53. The van der Waals surface area contributed by atoms with Crippen LogP contribution in [0.1, 0.15) is 12.0 Å². The van der Waals surface area contributed by atoms with E-state index in [1.807, 2.05) is 0 Å². The lowest BCUT2D eigenvalue weighted by Gasteiger charge is -2.20. The van der Waals surface area contributed by atoms with Crippen molar-refractivity contribution in [1.82, 2.24) is 4.90 Å². The van der Waals surface area contributed by atoms with Crippen molar-refractivity contribution in [1.29, 1.82) is 0 Å². The summed E-state index contributed by atoms with van der Waals surface area (Å²) in [5, 5.41) is 0.838. The third-order valence-corrected chi connectivity index (χ3v) is 7.46. The molecule has 0 spiro atoms. The Hall–Kier alpha value is -0.600. The monoisotopic (exact) mass is 407 g/mol. The molecule has 2 heterocycles. The van der Waals surface area contributed by atoms with Gasteiger partial charge in [0.05, 0.1) is 32.5 Å². The first kappa shape index (κ1) is 17.2. The highest BCUT2D eigenvalue weighted by Crippen LogP contribution is 2.36. The van der Waals surface area contributed by atoms with Gasteiger partial charge in [0.1, 0.15) is 4.32 Å². The van der Waals surface area contributed by atoms with E-state index in [1.165, 1.54) is 16.7 Å². The van der Waals surface area contributed by atoms with E-state index in [4.69, 9.17) is 35.4 Å². The Morgan fingerprint density at radius 2 is 2.04 bits per heavy atom. The third-order valence-electron chi connectivity index (χ3n) is 3.64. The van der Waals surface area contributed by atoms with Gasteiger partial charge in [0, 0.05) is 0 Å². The number of thiocarbonyl (C=S) groups is 1. The molecule has 2 aliphatic rings. The third kappa shape index (κ3) is 3.58. The smallest absolute Gasteiger partial charge is 0.266 e. The van der Waals surface area contributed by atoms with E-state index in [9.17, 15) is 13.2 Å². The molecule has 2 aliphatic heterocycles. The first-order chi connectivity index (χ1) is 10.8. The lowest BCUT2D eigenvalue weighted by molar-refractivity contribution is -0.123. The molecular weight excluding hydrogens is 397 g/mol. The zero-order valence-electron chi connectivity index (χ0n) is 11.7. The Labute approximate surface area is 153 Å². The minimum absolute atomic E-state index is 0.0283. The fourth-order valence-corrected chi connectivity index (χ4v) is 5.93. The van der Waals surface area contributed by atoms with Crippen molar-refractivity contribution in [3.63, 3.8) is 0 Å². The van der Waals surface area contributed by atoms with Gasteiger partial charge in [-0.25, -0.2) is 8.42 Å². The molecule has 1 aromatic carbocycles. The maximum Gasteiger partial charge on any atom is 0.266 e. The second kappa shape index (κ2) is 6.37. The Morgan fingerprint density at radius 3 is 2.65 bits per heavy atom. The summed E-state index contributed by atoms with van der Waals surface area (Å²) in [5.41, 5.74) is 0.735. The average Bonchev–Trinajstić information content (AvgIpc) is 2.94. The van der Waals surface area contributed by atoms with Gasteiger partial charge in [0.15, 0.2) is 9.84 Å². The summed E-state index contributed by atoms with van der Waals surface area (Å²) < 4.78 is 23.6. The number of halogens is 2. The fraction of sp³-hybridized carbons (Fsp3) is 0.286. The molecule has 0 saturated carbocycles. The summed E-state index contributed by atoms with van der Waals surface area (Å²) in [6.45, 7) is 0. The van der Waals surface area contributed by atoms with Crippen molar-refractivity contribution in [3.8, 4) is 0 Å². The zero-order valence-corrected chi connectivity index (χ0v) is 15.6. The Bertz CT molecular complexity index is 836. The summed E-state index contributed by atoms with van der Waals surface area (Å²) in [4.78, 5) is 14.4. The van der Waals surface area contributed by atoms with Gasteiger partial charge in [-0.3, -0.25) is 9.69 Å². The van der Waals surface area contributed by atoms with Crippen molar-refractivity contribution >= 4 is 73.3 Å². The topological polar surface area (TPSA) is 54.5 Å². The van der Waals surface area contributed by atoms with Crippen LogP contribution in [0.5, 0.6) is 0 Å². The predicted octanol–water partition coefficient (Wildman–Crippen LogP) is 3.38. The minimum Gasteiger partial charge on any atom is -0.289 e. The number of hydrogen-bond donors (Lipinski definition) is 0. The van der Waals surface area contributed by atoms with Gasteiger partial charge in [0.25, 0.3) is 5.91 Å². The molecule has 1 amide bonds. The molecule has 0 aromatic heterocycles. The second-order valence-corrected chi connectivity index (χ2v) is 10.0. The van der Waals surface area contributed by atoms with E-state index in [1.54, 1.807) is 24.3 Å². The molecule has 0 aliphatic carbocycles. The SMILES string of the molecule is O=C1/C(=C/c2ccc(Cl)c(Cl)c2)SC(=S)N1[C@@H]1CCS(=O)(=O)C1. The number of sulfone groups is 1. The van der Waals surface area contributed by atoms with Gasteiger partial charge in [0.2, 0.25) is 0 Å². The number of hydrogen-bond acceptors (Lipinski definition) is 5. The van der Waals surface area contributed by atoms with Gasteiger partial charge in [-0.1, -0.05) is 53.2 Å². The molecule has 3 rings (SSSR count). The quantitative estimate of drug-likeness (QED) is 0.555. The predicted molar refractivity (Wildman–Crippen MR) is 98.5 cm³/mol. The molecular formula is C14H11Cl2NO3S3. The number of nitrogens with zero attached hydrogens (tertiary/aromatic N) is 1. The van der Waals surface area contributed by atoms with E-state index in [2.05, 4.69) is 0 Å². The maximum atomic E-state index is 12.6. The normalized spacial score (nSPS) is 25.6. The summed E-state index contributed by atoms with van der Waals surface area (Å²) in [7, 11) is -3.08. The van der Waals surface area contributed by atoms with Crippen LogP contribution in [0.4, 0.5) is 0 Å². The maximum absolute atomic E-state index is 12.6. The number of benzene rings is 1. The van der Waals surface area contributed by atoms with E-state index >= 15 is 0 Å². The first-order valence-electron chi connectivity index (χ1n) is 6.69. The summed E-state index contributed by atoms with van der Waals surface area (Å²) in [6, 6.07) is 4.70. The standard InChI is InChI=1S/C14H11Cl2NO3S3/c15-10-2-1-8(5-11(10)16)6-12-13(18)17(14(21)22-12)9-3-4-23(19,20)7-9/h1-2,5-6,9H,3-4,7H2/b12-6-/t9-/m1/s1. The molecule has 0 unspecified atom stereocenters. The van der Waals surface area contributed by atoms with Crippen molar-refractivity contribution in [2.75, 3.05) is 11.5 Å². The highest BCUT2D eigenvalue weighted by Gasteiger charge is 2.42. The van der Waals surface area contributed by atoms with Crippen LogP contribution >= 0.6 is 47.2 Å². The van der Waals surface area contributed by atoms with Crippen LogP contribution in [-0.2, 0) is 14.6 Å². The van der Waals surface area contributed by atoms with Crippen molar-refractivity contribution < 1.29 is 13.2 Å². The Kier molecular flexibility index (Phi) is 4.77. The van der Waals surface area contributed by atoms with Crippen LogP contribution in [0.3, 0.4) is 0 Å². The number of carbonyl (C=O) groups excluding carboxylic acids is 1. The lowest BCUT2D eigenvalue weighted by atomic mass is 10.2. The molecule has 9 heteroatoms. The molecule has 1 aromatic rings. The van der Waals surface area contributed by atoms with Crippen LogP contribution < -0.4 is 0 Å². The summed E-state index contributed by atoms with van der Waals surface area (Å²) in [6.07, 6.45) is 2.11. The molecule has 1 atom stereocenters. The van der Waals surface area contributed by atoms with Crippen molar-refractivity contribution in [3.05, 3.63) is 38.7 Å². The van der Waals surface area contributed by atoms with Crippen molar-refractivity contribution in [2.45, 2.75) is 12.5 Å². The zero-order chi connectivity index (χ0) is 16.8. The number of thioether (sulfide) groups is 1. The second-order valence-electron chi connectivity index (χ2n) is 5.28. The Balaban J connectivity index is 1.86. The number of amides is 1. The summed E-state index contributed by atoms with van der Waals surface area (Å²) >= 11 is 18.3. The van der Waals surface area contributed by atoms with E-state index in [0.717, 1.165) is 5.56 Å².